The van der Waals surface area contributed by atoms with Gasteiger partial charge in [0.25, 0.3) is 5.91 Å². The third kappa shape index (κ3) is 3.58. The van der Waals surface area contributed by atoms with E-state index in [2.05, 4.69) is 0 Å². The Hall–Kier alpha value is -2.41. The number of piperidine rings is 1. The lowest BCUT2D eigenvalue weighted by molar-refractivity contribution is -0.149. The fourth-order valence-electron chi connectivity index (χ4n) is 3.61. The molecule has 0 bridgehead atoms. The van der Waals surface area contributed by atoms with Gasteiger partial charge in [-0.15, -0.1) is 0 Å². The van der Waals surface area contributed by atoms with Crippen molar-refractivity contribution in [2.45, 2.75) is 32.2 Å². The van der Waals surface area contributed by atoms with Crippen molar-refractivity contribution in [1.82, 2.24) is 4.90 Å². The van der Waals surface area contributed by atoms with Crippen molar-refractivity contribution in [3.05, 3.63) is 24.3 Å². The first-order valence-electron chi connectivity index (χ1n) is 8.96. The van der Waals surface area contributed by atoms with Gasteiger partial charge in [-0.05, 0) is 57.1 Å². The second-order valence-electron chi connectivity index (χ2n) is 6.55. The second-order valence-corrected chi connectivity index (χ2v) is 6.55. The summed E-state index contributed by atoms with van der Waals surface area (Å²) in [5.74, 6) is -0.00482. The van der Waals surface area contributed by atoms with E-state index in [0.717, 1.165) is 0 Å². The van der Waals surface area contributed by atoms with Crippen molar-refractivity contribution in [1.29, 1.82) is 0 Å². The number of amides is 2. The van der Waals surface area contributed by atoms with Gasteiger partial charge in [-0.25, -0.2) is 4.90 Å². The highest BCUT2D eigenvalue weighted by Crippen LogP contribution is 2.29. The molecule has 2 saturated heterocycles. The van der Waals surface area contributed by atoms with E-state index >= 15 is 0 Å². The standard InChI is InChI=1S/C19H24N2O5/c1-3-26-19(24)13-8-10-20(11-9-13)16-12-17(22)21(18(16)23)14-4-6-15(25-2)7-5-14/h4-7,13,16H,3,8-12H2,1-2H3/t16-/m1/s1. The highest BCUT2D eigenvalue weighted by molar-refractivity contribution is 6.22. The molecule has 7 heteroatoms. The lowest BCUT2D eigenvalue weighted by Crippen LogP contribution is -2.47. The summed E-state index contributed by atoms with van der Waals surface area (Å²) in [6.45, 7) is 3.41. The van der Waals surface area contributed by atoms with Crippen LogP contribution < -0.4 is 9.64 Å². The van der Waals surface area contributed by atoms with Crippen LogP contribution in [-0.2, 0) is 19.1 Å². The number of anilines is 1. The Labute approximate surface area is 152 Å². The van der Waals surface area contributed by atoms with Crippen molar-refractivity contribution in [2.75, 3.05) is 31.7 Å². The van der Waals surface area contributed by atoms with Gasteiger partial charge in [0.2, 0.25) is 5.91 Å². The number of imide groups is 1. The zero-order chi connectivity index (χ0) is 18.7. The number of rotatable bonds is 5. The van der Waals surface area contributed by atoms with Gasteiger partial charge in [-0.2, -0.15) is 0 Å². The molecular formula is C19H24N2O5. The minimum Gasteiger partial charge on any atom is -0.497 e. The van der Waals surface area contributed by atoms with Crippen molar-refractivity contribution in [3.8, 4) is 5.75 Å². The third-order valence-corrected chi connectivity index (χ3v) is 5.04. The molecule has 7 nitrogen and oxygen atoms in total. The van der Waals surface area contributed by atoms with E-state index in [1.165, 1.54) is 4.90 Å². The summed E-state index contributed by atoms with van der Waals surface area (Å²) in [6, 6.07) is 6.43. The van der Waals surface area contributed by atoms with Crippen LogP contribution in [0.15, 0.2) is 24.3 Å². The molecule has 0 saturated carbocycles. The fraction of sp³-hybridized carbons (Fsp3) is 0.526. The van der Waals surface area contributed by atoms with E-state index in [-0.39, 0.29) is 30.1 Å². The van der Waals surface area contributed by atoms with E-state index in [4.69, 9.17) is 9.47 Å². The summed E-state index contributed by atoms with van der Waals surface area (Å²) in [5, 5.41) is 0. The van der Waals surface area contributed by atoms with Crippen LogP contribution in [0.4, 0.5) is 5.69 Å². The molecule has 2 heterocycles. The van der Waals surface area contributed by atoms with Crippen molar-refractivity contribution >= 4 is 23.5 Å². The molecule has 3 rings (SSSR count). The molecular weight excluding hydrogens is 336 g/mol. The maximum atomic E-state index is 12.8. The third-order valence-electron chi connectivity index (χ3n) is 5.04. The van der Waals surface area contributed by atoms with E-state index in [1.54, 1.807) is 38.3 Å². The molecule has 0 spiro atoms. The van der Waals surface area contributed by atoms with Gasteiger partial charge in [-0.3, -0.25) is 19.3 Å². The zero-order valence-corrected chi connectivity index (χ0v) is 15.1. The lowest BCUT2D eigenvalue weighted by Gasteiger charge is -2.33. The number of carbonyl (C=O) groups is 3. The van der Waals surface area contributed by atoms with Gasteiger partial charge in [0.05, 0.1) is 37.8 Å². The summed E-state index contributed by atoms with van der Waals surface area (Å²) < 4.78 is 10.2. The van der Waals surface area contributed by atoms with Crippen molar-refractivity contribution in [3.63, 3.8) is 0 Å². The van der Waals surface area contributed by atoms with Gasteiger partial charge in [0.1, 0.15) is 5.75 Å². The van der Waals surface area contributed by atoms with E-state index in [1.807, 2.05) is 4.90 Å². The predicted molar refractivity (Wildman–Crippen MR) is 94.8 cm³/mol. The Morgan fingerprint density at radius 1 is 1.15 bits per heavy atom. The van der Waals surface area contributed by atoms with Crippen LogP contribution in [-0.4, -0.2) is 55.5 Å². The van der Waals surface area contributed by atoms with Gasteiger partial charge in [-0.1, -0.05) is 0 Å². The Balaban J connectivity index is 1.65. The molecule has 2 aliphatic rings. The number of nitrogens with zero attached hydrogens (tertiary/aromatic N) is 2. The van der Waals surface area contributed by atoms with Crippen LogP contribution in [0.5, 0.6) is 5.75 Å². The van der Waals surface area contributed by atoms with Gasteiger partial charge >= 0.3 is 5.97 Å². The highest BCUT2D eigenvalue weighted by atomic mass is 16.5. The minimum atomic E-state index is -0.451. The van der Waals surface area contributed by atoms with Crippen LogP contribution in [0.3, 0.4) is 0 Å². The number of methoxy groups -OCH3 is 1. The average molecular weight is 360 g/mol. The smallest absolute Gasteiger partial charge is 0.309 e. The van der Waals surface area contributed by atoms with Crippen molar-refractivity contribution < 1.29 is 23.9 Å². The molecule has 0 aliphatic carbocycles. The molecule has 0 aromatic heterocycles. The molecule has 0 radical (unpaired) electrons. The number of esters is 1. The number of hydrogen-bond acceptors (Lipinski definition) is 6. The number of carbonyl (C=O) groups excluding carboxylic acids is 3. The minimum absolute atomic E-state index is 0.115. The summed E-state index contributed by atoms with van der Waals surface area (Å²) in [4.78, 5) is 40.4. The Bertz CT molecular complexity index is 680. The summed E-state index contributed by atoms with van der Waals surface area (Å²) in [6.07, 6.45) is 1.48. The van der Waals surface area contributed by atoms with E-state index in [9.17, 15) is 14.4 Å². The molecule has 2 fully saturated rings. The van der Waals surface area contributed by atoms with E-state index < -0.39 is 6.04 Å². The second kappa shape index (κ2) is 7.86. The van der Waals surface area contributed by atoms with Crippen molar-refractivity contribution in [2.24, 2.45) is 5.92 Å². The number of benzene rings is 1. The molecule has 1 aromatic carbocycles. The fourth-order valence-corrected chi connectivity index (χ4v) is 3.61. The topological polar surface area (TPSA) is 76.2 Å². The summed E-state index contributed by atoms with van der Waals surface area (Å²) in [5.41, 5.74) is 0.560. The first kappa shape index (κ1) is 18.4. The first-order valence-corrected chi connectivity index (χ1v) is 8.96. The maximum Gasteiger partial charge on any atom is 0.309 e. The molecule has 0 N–H and O–H groups in total. The maximum absolute atomic E-state index is 12.8. The quantitative estimate of drug-likeness (QED) is 0.586. The number of hydrogen-bond donors (Lipinski definition) is 0. The number of likely N-dealkylation sites (tertiary alicyclic amines) is 1. The molecule has 1 aromatic rings. The zero-order valence-electron chi connectivity index (χ0n) is 15.1. The summed E-state index contributed by atoms with van der Waals surface area (Å²) in [7, 11) is 1.57. The molecule has 0 unspecified atom stereocenters. The van der Waals surface area contributed by atoms with Crippen LogP contribution in [0.1, 0.15) is 26.2 Å². The number of ether oxygens (including phenoxy) is 2. The Morgan fingerprint density at radius 2 is 1.81 bits per heavy atom. The van der Waals surface area contributed by atoms with E-state index in [0.29, 0.717) is 44.0 Å². The monoisotopic (exact) mass is 360 g/mol. The molecule has 26 heavy (non-hydrogen) atoms. The Morgan fingerprint density at radius 3 is 2.38 bits per heavy atom. The van der Waals surface area contributed by atoms with Crippen LogP contribution in [0.25, 0.3) is 0 Å². The molecule has 2 amide bonds. The molecule has 1 atom stereocenters. The predicted octanol–water partition coefficient (Wildman–Crippen LogP) is 1.60. The van der Waals surface area contributed by atoms with Crippen LogP contribution >= 0.6 is 0 Å². The molecule has 2 aliphatic heterocycles. The highest BCUT2D eigenvalue weighted by Gasteiger charge is 2.44. The van der Waals surface area contributed by atoms with Gasteiger partial charge in [0, 0.05) is 0 Å². The van der Waals surface area contributed by atoms with Crippen LogP contribution in [0.2, 0.25) is 0 Å². The lowest BCUT2D eigenvalue weighted by atomic mass is 9.95. The SMILES string of the molecule is CCOC(=O)C1CCN([C@@H]2CC(=O)N(c3ccc(OC)cc3)C2=O)CC1. The van der Waals surface area contributed by atoms with Gasteiger partial charge < -0.3 is 9.47 Å². The Kier molecular flexibility index (Phi) is 5.56. The first-order chi connectivity index (χ1) is 12.5. The largest absolute Gasteiger partial charge is 0.497 e. The molecule has 140 valence electrons. The van der Waals surface area contributed by atoms with Crippen LogP contribution in [0, 0.1) is 5.92 Å². The summed E-state index contributed by atoms with van der Waals surface area (Å²) >= 11 is 0. The average Bonchev–Trinajstić information content (AvgIpc) is 2.96. The van der Waals surface area contributed by atoms with Gasteiger partial charge in [0.15, 0.2) is 0 Å². The normalized spacial score (nSPS) is 21.9.